The molecule has 0 aliphatic heterocycles. The lowest BCUT2D eigenvalue weighted by Crippen LogP contribution is -2.09. The second kappa shape index (κ2) is 9.74. The zero-order chi connectivity index (χ0) is 29.8. The Balaban J connectivity index is 1.69. The van der Waals surface area contributed by atoms with E-state index < -0.39 is 0 Å². The van der Waals surface area contributed by atoms with Gasteiger partial charge in [0.1, 0.15) is 12.1 Å². The van der Waals surface area contributed by atoms with Crippen LogP contribution >= 0.6 is 0 Å². The average molecular weight is 560 g/mol. The third kappa shape index (κ3) is 3.37. The summed E-state index contributed by atoms with van der Waals surface area (Å²) in [5, 5.41) is 26.1. The molecule has 8 aromatic rings. The van der Waals surface area contributed by atoms with Crippen LogP contribution in [-0.2, 0) is 0 Å². The molecule has 0 N–H and O–H groups in total. The zero-order valence-corrected chi connectivity index (χ0v) is 23.4. The molecule has 0 aliphatic rings. The fourth-order valence-corrected chi connectivity index (χ4v) is 6.69. The maximum absolute atomic E-state index is 11.1. The van der Waals surface area contributed by atoms with E-state index in [-0.39, 0.29) is 16.8 Å². The predicted molar refractivity (Wildman–Crippen MR) is 176 cm³/mol. The molecule has 6 aromatic carbocycles. The van der Waals surface area contributed by atoms with Crippen LogP contribution in [0.15, 0.2) is 127 Å². The minimum Gasteiger partial charge on any atom is -0.318 e. The fourth-order valence-electron chi connectivity index (χ4n) is 6.69. The van der Waals surface area contributed by atoms with Crippen LogP contribution in [0.25, 0.3) is 71.0 Å². The molecular formula is C39H21N5. The molecule has 5 nitrogen and oxygen atoms in total. The quantitative estimate of drug-likeness (QED) is 0.202. The van der Waals surface area contributed by atoms with Crippen molar-refractivity contribution in [3.05, 3.63) is 150 Å². The number of fused-ring (bicyclic) bond motifs is 6. The van der Waals surface area contributed by atoms with Crippen LogP contribution in [0.1, 0.15) is 11.1 Å². The van der Waals surface area contributed by atoms with E-state index in [0.29, 0.717) is 16.9 Å². The van der Waals surface area contributed by atoms with Crippen molar-refractivity contribution in [3.8, 4) is 34.6 Å². The van der Waals surface area contributed by atoms with Crippen molar-refractivity contribution in [1.82, 2.24) is 9.13 Å². The molecule has 0 bridgehead atoms. The summed E-state index contributed by atoms with van der Waals surface area (Å²) in [7, 11) is 0. The molecular weight excluding hydrogens is 538 g/mol. The highest BCUT2D eigenvalue weighted by Gasteiger charge is 2.30. The van der Waals surface area contributed by atoms with Gasteiger partial charge >= 0.3 is 0 Å². The van der Waals surface area contributed by atoms with Crippen LogP contribution in [0.5, 0.6) is 0 Å². The van der Waals surface area contributed by atoms with Crippen LogP contribution in [0, 0.1) is 29.2 Å². The summed E-state index contributed by atoms with van der Waals surface area (Å²) in [4.78, 5) is 4.10. The van der Waals surface area contributed by atoms with Crippen LogP contribution < -0.4 is 0 Å². The molecule has 0 radical (unpaired) electrons. The molecule has 0 saturated heterocycles. The van der Waals surface area contributed by atoms with Gasteiger partial charge in [-0.1, -0.05) is 103 Å². The number of nitrogens with zero attached hydrogens (tertiary/aromatic N) is 5. The number of nitriles is 2. The first kappa shape index (κ1) is 25.1. The van der Waals surface area contributed by atoms with Gasteiger partial charge in [0.25, 0.3) is 0 Å². The van der Waals surface area contributed by atoms with Crippen molar-refractivity contribution in [2.75, 3.05) is 0 Å². The molecule has 8 rings (SSSR count). The zero-order valence-electron chi connectivity index (χ0n) is 23.4. The van der Waals surface area contributed by atoms with Gasteiger partial charge in [0.05, 0.1) is 51.1 Å². The van der Waals surface area contributed by atoms with Crippen molar-refractivity contribution < 1.29 is 0 Å². The summed E-state index contributed by atoms with van der Waals surface area (Å²) < 4.78 is 4.06. The number of hydrogen-bond donors (Lipinski definition) is 0. The van der Waals surface area contributed by atoms with E-state index in [1.165, 1.54) is 0 Å². The van der Waals surface area contributed by atoms with Gasteiger partial charge in [-0.2, -0.15) is 10.5 Å². The third-order valence-corrected chi connectivity index (χ3v) is 8.43. The van der Waals surface area contributed by atoms with Gasteiger partial charge in [0.2, 0.25) is 5.69 Å². The maximum Gasteiger partial charge on any atom is 0.221 e. The minimum atomic E-state index is 0.264. The molecule has 202 valence electrons. The topological polar surface area (TPSA) is 61.8 Å². The maximum atomic E-state index is 11.1. The molecule has 2 aromatic heterocycles. The molecule has 0 fully saturated rings. The summed E-state index contributed by atoms with van der Waals surface area (Å²) in [6, 6.07) is 46.7. The Morgan fingerprint density at radius 2 is 0.864 bits per heavy atom. The van der Waals surface area contributed by atoms with E-state index in [9.17, 15) is 10.5 Å². The van der Waals surface area contributed by atoms with E-state index in [2.05, 4.69) is 41.2 Å². The fraction of sp³-hybridized carbons (Fsp3) is 0. The lowest BCUT2D eigenvalue weighted by molar-refractivity contribution is 1.11. The monoisotopic (exact) mass is 559 g/mol. The van der Waals surface area contributed by atoms with Crippen molar-refractivity contribution in [1.29, 1.82) is 10.5 Å². The summed E-state index contributed by atoms with van der Waals surface area (Å²) in [5.41, 5.74) is 6.53. The predicted octanol–water partition coefficient (Wildman–Crippen LogP) is 9.84. The van der Waals surface area contributed by atoms with Crippen LogP contribution in [0.2, 0.25) is 0 Å². The number of benzene rings is 6. The van der Waals surface area contributed by atoms with E-state index in [1.54, 1.807) is 0 Å². The summed E-state index contributed by atoms with van der Waals surface area (Å²) in [5.74, 6) is 0. The molecule has 44 heavy (non-hydrogen) atoms. The van der Waals surface area contributed by atoms with Gasteiger partial charge in [-0.25, -0.2) is 4.85 Å². The second-order valence-corrected chi connectivity index (χ2v) is 10.6. The number of aromatic nitrogens is 2. The van der Waals surface area contributed by atoms with E-state index >= 15 is 0 Å². The minimum absolute atomic E-state index is 0.264. The van der Waals surface area contributed by atoms with Gasteiger partial charge < -0.3 is 9.13 Å². The summed E-state index contributed by atoms with van der Waals surface area (Å²) in [6.07, 6.45) is 0. The number of hydrogen-bond acceptors (Lipinski definition) is 2. The molecule has 0 amide bonds. The van der Waals surface area contributed by atoms with Gasteiger partial charge in [0.15, 0.2) is 0 Å². The molecule has 2 heterocycles. The standard InChI is InChI=1S/C39H21N5/c1-42-37-36(25-13-3-2-4-14-25)30(23-40)38(43-32-19-9-5-15-26(32)27-16-6-10-20-33(27)43)31(24-41)39(37)44-34-21-11-7-17-28(34)29-18-8-12-22-35(29)44/h2-22H. The van der Waals surface area contributed by atoms with Crippen molar-refractivity contribution in [3.63, 3.8) is 0 Å². The van der Waals surface area contributed by atoms with Crippen molar-refractivity contribution in [2.24, 2.45) is 0 Å². The van der Waals surface area contributed by atoms with Gasteiger partial charge in [0, 0.05) is 27.1 Å². The van der Waals surface area contributed by atoms with E-state index in [1.807, 2.05) is 112 Å². The highest BCUT2D eigenvalue weighted by molar-refractivity contribution is 6.13. The SMILES string of the molecule is [C-]#[N+]c1c(-c2ccccc2)c(C#N)c(-n2c3ccccc3c3ccccc32)c(C#N)c1-n1c2ccccc2c2ccccc21. The molecule has 0 aliphatic carbocycles. The Hall–Kier alpha value is -6.61. The smallest absolute Gasteiger partial charge is 0.221 e. The number of para-hydroxylation sites is 4. The van der Waals surface area contributed by atoms with Crippen LogP contribution in [0.4, 0.5) is 5.69 Å². The molecule has 0 spiro atoms. The molecule has 0 atom stereocenters. The Kier molecular flexibility index (Phi) is 5.56. The Bertz CT molecular complexity index is 2320. The Morgan fingerprint density at radius 3 is 1.27 bits per heavy atom. The first-order valence-corrected chi connectivity index (χ1v) is 14.2. The number of rotatable bonds is 3. The van der Waals surface area contributed by atoms with Gasteiger partial charge in [-0.3, -0.25) is 0 Å². The van der Waals surface area contributed by atoms with Gasteiger partial charge in [-0.05, 0) is 29.8 Å². The normalized spacial score (nSPS) is 11.1. The Morgan fingerprint density at radius 1 is 0.477 bits per heavy atom. The molecule has 5 heteroatoms. The molecule has 0 unspecified atom stereocenters. The summed E-state index contributed by atoms with van der Waals surface area (Å²) >= 11 is 0. The average Bonchev–Trinajstić information content (AvgIpc) is 3.60. The summed E-state index contributed by atoms with van der Waals surface area (Å²) in [6.45, 7) is 8.53. The lowest BCUT2D eigenvalue weighted by Gasteiger charge is -2.22. The first-order chi connectivity index (χ1) is 21.8. The lowest BCUT2D eigenvalue weighted by atomic mass is 9.91. The van der Waals surface area contributed by atoms with E-state index in [0.717, 1.165) is 49.2 Å². The van der Waals surface area contributed by atoms with Crippen molar-refractivity contribution >= 4 is 49.3 Å². The Labute approximate surface area is 253 Å². The van der Waals surface area contributed by atoms with E-state index in [4.69, 9.17) is 6.57 Å². The third-order valence-electron chi connectivity index (χ3n) is 8.43. The largest absolute Gasteiger partial charge is 0.318 e. The van der Waals surface area contributed by atoms with Gasteiger partial charge in [-0.15, -0.1) is 0 Å². The molecule has 0 saturated carbocycles. The van der Waals surface area contributed by atoms with Crippen LogP contribution in [0.3, 0.4) is 0 Å². The van der Waals surface area contributed by atoms with Crippen molar-refractivity contribution in [2.45, 2.75) is 0 Å². The first-order valence-electron chi connectivity index (χ1n) is 14.2. The highest BCUT2D eigenvalue weighted by Crippen LogP contribution is 2.48. The van der Waals surface area contributed by atoms with Crippen LogP contribution in [-0.4, -0.2) is 9.13 Å². The second-order valence-electron chi connectivity index (χ2n) is 10.6. The highest BCUT2D eigenvalue weighted by atomic mass is 15.0.